The van der Waals surface area contributed by atoms with E-state index in [0.717, 1.165) is 37.4 Å². The fraction of sp³-hybridized carbons (Fsp3) is 0.524. The molecule has 1 fully saturated rings. The summed E-state index contributed by atoms with van der Waals surface area (Å²) in [5.74, 6) is 0.813. The molecule has 28 heavy (non-hydrogen) atoms. The highest BCUT2D eigenvalue weighted by Gasteiger charge is 2.35. The molecule has 2 aromatic rings. The number of nitrogens with one attached hydrogen (secondary N) is 1. The van der Waals surface area contributed by atoms with Gasteiger partial charge in [0, 0.05) is 36.5 Å². The number of amides is 1. The van der Waals surface area contributed by atoms with Crippen molar-refractivity contribution in [3.8, 4) is 0 Å². The lowest BCUT2D eigenvalue weighted by molar-refractivity contribution is -0.134. The number of piperidine rings is 1. The summed E-state index contributed by atoms with van der Waals surface area (Å²) in [7, 11) is 0. The lowest BCUT2D eigenvalue weighted by Gasteiger charge is -2.34. The molecule has 0 bridgehead atoms. The van der Waals surface area contributed by atoms with Crippen LogP contribution in [-0.4, -0.2) is 53.2 Å². The highest BCUT2D eigenvalue weighted by molar-refractivity contribution is 7.10. The summed E-state index contributed by atoms with van der Waals surface area (Å²) in [6.07, 6.45) is 4.51. The first kappa shape index (κ1) is 19.4. The molecule has 2 aliphatic heterocycles. The number of hydrogen-bond acceptors (Lipinski definition) is 6. The van der Waals surface area contributed by atoms with Crippen LogP contribution < -0.4 is 5.32 Å². The molecule has 6 nitrogen and oxygen atoms in total. The maximum atomic E-state index is 13.1. The van der Waals surface area contributed by atoms with Gasteiger partial charge in [-0.3, -0.25) is 9.69 Å². The van der Waals surface area contributed by atoms with Crippen LogP contribution in [0.25, 0.3) is 0 Å². The molecule has 0 radical (unpaired) electrons. The van der Waals surface area contributed by atoms with Gasteiger partial charge in [0.05, 0.1) is 18.8 Å². The van der Waals surface area contributed by atoms with Gasteiger partial charge in [-0.2, -0.15) is 5.10 Å². The smallest absolute Gasteiger partial charge is 0.257 e. The Morgan fingerprint density at radius 2 is 2.14 bits per heavy atom. The zero-order chi connectivity index (χ0) is 19.5. The van der Waals surface area contributed by atoms with Crippen LogP contribution in [0.3, 0.4) is 0 Å². The van der Waals surface area contributed by atoms with Crippen molar-refractivity contribution in [2.24, 2.45) is 5.10 Å². The van der Waals surface area contributed by atoms with E-state index in [1.54, 1.807) is 22.6 Å². The molecule has 1 saturated heterocycles. The van der Waals surface area contributed by atoms with Gasteiger partial charge in [-0.25, -0.2) is 5.01 Å². The van der Waals surface area contributed by atoms with Gasteiger partial charge in [0.25, 0.3) is 5.91 Å². The van der Waals surface area contributed by atoms with E-state index >= 15 is 0 Å². The largest absolute Gasteiger partial charge is 0.463 e. The molecule has 2 aromatic heterocycles. The van der Waals surface area contributed by atoms with Gasteiger partial charge in [0.15, 0.2) is 0 Å². The van der Waals surface area contributed by atoms with Crippen molar-refractivity contribution in [3.63, 3.8) is 0 Å². The fourth-order valence-electron chi connectivity index (χ4n) is 4.03. The third kappa shape index (κ3) is 4.37. The molecular weight excluding hydrogens is 372 g/mol. The molecule has 1 amide bonds. The van der Waals surface area contributed by atoms with Crippen molar-refractivity contribution >= 4 is 23.0 Å². The summed E-state index contributed by atoms with van der Waals surface area (Å²) in [6, 6.07) is 8.90. The first-order chi connectivity index (χ1) is 13.6. The van der Waals surface area contributed by atoms with Crippen LogP contribution in [0.2, 0.25) is 0 Å². The van der Waals surface area contributed by atoms with E-state index in [1.807, 2.05) is 18.2 Å². The van der Waals surface area contributed by atoms with E-state index in [1.165, 1.54) is 4.88 Å². The molecule has 0 aliphatic carbocycles. The summed E-state index contributed by atoms with van der Waals surface area (Å²) < 4.78 is 5.52. The summed E-state index contributed by atoms with van der Waals surface area (Å²) in [6.45, 7) is 6.68. The van der Waals surface area contributed by atoms with E-state index in [0.29, 0.717) is 25.0 Å². The van der Waals surface area contributed by atoms with E-state index in [2.05, 4.69) is 40.6 Å². The Labute approximate surface area is 170 Å². The van der Waals surface area contributed by atoms with Gasteiger partial charge in [0.1, 0.15) is 11.5 Å². The van der Waals surface area contributed by atoms with Gasteiger partial charge >= 0.3 is 0 Å². The Kier molecular flexibility index (Phi) is 5.94. The number of hydrazone groups is 1. The van der Waals surface area contributed by atoms with Gasteiger partial charge in [-0.1, -0.05) is 19.9 Å². The average molecular weight is 401 g/mol. The second kappa shape index (κ2) is 8.59. The molecule has 1 N–H and O–H groups in total. The average Bonchev–Trinajstić information content (AvgIpc) is 3.42. The third-order valence-corrected chi connectivity index (χ3v) is 6.33. The van der Waals surface area contributed by atoms with Crippen molar-refractivity contribution in [1.29, 1.82) is 0 Å². The molecule has 4 rings (SSSR count). The minimum absolute atomic E-state index is 0.0345. The Balaban J connectivity index is 1.42. The predicted molar refractivity (Wildman–Crippen MR) is 112 cm³/mol. The Morgan fingerprint density at radius 3 is 2.79 bits per heavy atom. The highest BCUT2D eigenvalue weighted by atomic mass is 32.1. The van der Waals surface area contributed by atoms with Crippen LogP contribution in [0.5, 0.6) is 0 Å². The normalized spacial score (nSPS) is 21.5. The Hall–Kier alpha value is -1.96. The Bertz CT molecular complexity index is 793. The lowest BCUT2D eigenvalue weighted by atomic mass is 10.0. The number of rotatable bonds is 6. The second-order valence-corrected chi connectivity index (χ2v) is 8.85. The number of carbonyl (C=O) groups is 1. The van der Waals surface area contributed by atoms with Crippen LogP contribution in [0, 0.1) is 0 Å². The number of furan rings is 1. The number of likely N-dealkylation sites (tertiary alicyclic amines) is 1. The minimum atomic E-state index is -0.0345. The summed E-state index contributed by atoms with van der Waals surface area (Å²) in [5.41, 5.74) is 0.844. The minimum Gasteiger partial charge on any atom is -0.463 e. The number of hydrogen-bond donors (Lipinski definition) is 1. The molecule has 0 aromatic carbocycles. The first-order valence-corrected chi connectivity index (χ1v) is 10.9. The van der Waals surface area contributed by atoms with Gasteiger partial charge in [-0.05, 0) is 36.4 Å². The van der Waals surface area contributed by atoms with E-state index < -0.39 is 0 Å². The van der Waals surface area contributed by atoms with Crippen molar-refractivity contribution in [2.45, 2.75) is 51.2 Å². The molecule has 0 spiro atoms. The fourth-order valence-corrected chi connectivity index (χ4v) is 4.84. The standard InChI is InChI=1S/C21H28N4O2S/c1-15(2)22-16-7-9-24(10-8-16)14-21(26)25-18(20-6-4-12-28-20)13-17(23-25)19-5-3-11-27-19/h3-6,11-12,15-16,18,22H,7-10,13-14H2,1-2H3. The van der Waals surface area contributed by atoms with Gasteiger partial charge in [0.2, 0.25) is 0 Å². The third-order valence-electron chi connectivity index (χ3n) is 5.36. The van der Waals surface area contributed by atoms with Gasteiger partial charge < -0.3 is 9.73 Å². The van der Waals surface area contributed by atoms with Crippen LogP contribution in [0.15, 0.2) is 45.4 Å². The van der Waals surface area contributed by atoms with Crippen LogP contribution in [-0.2, 0) is 4.79 Å². The monoisotopic (exact) mass is 400 g/mol. The van der Waals surface area contributed by atoms with Crippen LogP contribution in [0.4, 0.5) is 0 Å². The van der Waals surface area contributed by atoms with Crippen molar-refractivity contribution < 1.29 is 9.21 Å². The summed E-state index contributed by atoms with van der Waals surface area (Å²) >= 11 is 1.67. The zero-order valence-corrected chi connectivity index (χ0v) is 17.3. The molecule has 0 saturated carbocycles. The predicted octanol–water partition coefficient (Wildman–Crippen LogP) is 3.48. The SMILES string of the molecule is CC(C)NC1CCN(CC(=O)N2N=C(c3ccco3)CC2c2cccs2)CC1. The van der Waals surface area contributed by atoms with E-state index in [-0.39, 0.29) is 11.9 Å². The molecule has 2 aliphatic rings. The maximum absolute atomic E-state index is 13.1. The number of nitrogens with zero attached hydrogens (tertiary/aromatic N) is 3. The first-order valence-electron chi connectivity index (χ1n) is 10.1. The molecular formula is C21H28N4O2S. The molecule has 4 heterocycles. The summed E-state index contributed by atoms with van der Waals surface area (Å²) in [5, 5.41) is 12.0. The quantitative estimate of drug-likeness (QED) is 0.806. The van der Waals surface area contributed by atoms with E-state index in [9.17, 15) is 4.79 Å². The van der Waals surface area contributed by atoms with Crippen LogP contribution in [0.1, 0.15) is 49.8 Å². The molecule has 1 atom stereocenters. The molecule has 7 heteroatoms. The van der Waals surface area contributed by atoms with Crippen molar-refractivity contribution in [1.82, 2.24) is 15.2 Å². The Morgan fingerprint density at radius 1 is 1.32 bits per heavy atom. The zero-order valence-electron chi connectivity index (χ0n) is 16.5. The van der Waals surface area contributed by atoms with E-state index in [4.69, 9.17) is 4.42 Å². The van der Waals surface area contributed by atoms with Gasteiger partial charge in [-0.15, -0.1) is 11.3 Å². The highest BCUT2D eigenvalue weighted by Crippen LogP contribution is 2.35. The summed E-state index contributed by atoms with van der Waals surface area (Å²) in [4.78, 5) is 16.6. The van der Waals surface area contributed by atoms with Crippen molar-refractivity contribution in [2.75, 3.05) is 19.6 Å². The van der Waals surface area contributed by atoms with Crippen molar-refractivity contribution in [3.05, 3.63) is 46.5 Å². The molecule has 1 unspecified atom stereocenters. The topological polar surface area (TPSA) is 61.1 Å². The number of thiophene rings is 1. The lowest BCUT2D eigenvalue weighted by Crippen LogP contribution is -2.47. The second-order valence-electron chi connectivity index (χ2n) is 7.87. The van der Waals surface area contributed by atoms with Crippen LogP contribution >= 0.6 is 11.3 Å². The maximum Gasteiger partial charge on any atom is 0.257 e. The number of carbonyl (C=O) groups excluding carboxylic acids is 1. The molecule has 150 valence electrons.